The predicted molar refractivity (Wildman–Crippen MR) is 69.6 cm³/mol. The highest BCUT2D eigenvalue weighted by Crippen LogP contribution is 2.26. The fourth-order valence-corrected chi connectivity index (χ4v) is 2.81. The van der Waals surface area contributed by atoms with Crippen molar-refractivity contribution >= 4 is 0 Å². The molecule has 2 nitrogen and oxygen atoms in total. The molecule has 1 saturated carbocycles. The molecule has 96 valence electrons. The Morgan fingerprint density at radius 3 is 2.50 bits per heavy atom. The highest BCUT2D eigenvalue weighted by molar-refractivity contribution is 4.81. The predicted octanol–water partition coefficient (Wildman–Crippen LogP) is 3.10. The highest BCUT2D eigenvalue weighted by atomic mass is 16.3. The van der Waals surface area contributed by atoms with Crippen LogP contribution >= 0.6 is 0 Å². The van der Waals surface area contributed by atoms with E-state index < -0.39 is 5.60 Å². The van der Waals surface area contributed by atoms with Gasteiger partial charge in [-0.15, -0.1) is 0 Å². The second-order valence-electron chi connectivity index (χ2n) is 5.81. The van der Waals surface area contributed by atoms with Gasteiger partial charge in [-0.1, -0.05) is 32.6 Å². The van der Waals surface area contributed by atoms with E-state index in [-0.39, 0.29) is 0 Å². The number of nitrogens with one attached hydrogen (secondary N) is 1. The molecule has 0 spiro atoms. The van der Waals surface area contributed by atoms with Crippen LogP contribution in [0, 0.1) is 5.92 Å². The summed E-state index contributed by atoms with van der Waals surface area (Å²) < 4.78 is 0. The Labute approximate surface area is 101 Å². The molecule has 2 atom stereocenters. The van der Waals surface area contributed by atoms with E-state index in [2.05, 4.69) is 19.2 Å². The molecule has 1 fully saturated rings. The summed E-state index contributed by atoms with van der Waals surface area (Å²) >= 11 is 0. The molecule has 0 saturated heterocycles. The molecular formula is C14H29NO. The lowest BCUT2D eigenvalue weighted by molar-refractivity contribution is 0.0446. The Hall–Kier alpha value is -0.0800. The summed E-state index contributed by atoms with van der Waals surface area (Å²) in [6.07, 6.45) is 8.86. The van der Waals surface area contributed by atoms with Gasteiger partial charge in [-0.25, -0.2) is 0 Å². The van der Waals surface area contributed by atoms with E-state index in [1.807, 2.05) is 6.92 Å². The lowest BCUT2D eigenvalue weighted by Gasteiger charge is -2.31. The van der Waals surface area contributed by atoms with E-state index >= 15 is 0 Å². The second-order valence-corrected chi connectivity index (χ2v) is 5.81. The van der Waals surface area contributed by atoms with Crippen LogP contribution in [0.1, 0.15) is 65.7 Å². The Bertz CT molecular complexity index is 185. The van der Waals surface area contributed by atoms with Gasteiger partial charge in [0, 0.05) is 12.6 Å². The zero-order valence-corrected chi connectivity index (χ0v) is 11.3. The summed E-state index contributed by atoms with van der Waals surface area (Å²) in [6.45, 7) is 7.08. The Morgan fingerprint density at radius 1 is 1.31 bits per heavy atom. The monoisotopic (exact) mass is 227 g/mol. The largest absolute Gasteiger partial charge is 0.389 e. The molecule has 0 radical (unpaired) electrons. The van der Waals surface area contributed by atoms with Gasteiger partial charge in [0.1, 0.15) is 0 Å². The van der Waals surface area contributed by atoms with Crippen LogP contribution in [0.25, 0.3) is 0 Å². The first-order valence-electron chi connectivity index (χ1n) is 7.01. The van der Waals surface area contributed by atoms with Crippen LogP contribution < -0.4 is 5.32 Å². The maximum Gasteiger partial charge on any atom is 0.0743 e. The molecule has 16 heavy (non-hydrogen) atoms. The Balaban J connectivity index is 2.25. The van der Waals surface area contributed by atoms with Crippen LogP contribution in [0.2, 0.25) is 0 Å². The van der Waals surface area contributed by atoms with Crippen molar-refractivity contribution in [1.82, 2.24) is 5.32 Å². The van der Waals surface area contributed by atoms with E-state index in [0.717, 1.165) is 25.3 Å². The zero-order chi connectivity index (χ0) is 12.0. The fourth-order valence-electron chi connectivity index (χ4n) is 2.81. The third kappa shape index (κ3) is 4.84. The second kappa shape index (κ2) is 6.61. The van der Waals surface area contributed by atoms with Crippen LogP contribution in [0.15, 0.2) is 0 Å². The van der Waals surface area contributed by atoms with Crippen molar-refractivity contribution < 1.29 is 5.11 Å². The third-order valence-corrected chi connectivity index (χ3v) is 3.95. The van der Waals surface area contributed by atoms with Crippen molar-refractivity contribution in [3.63, 3.8) is 0 Å². The highest BCUT2D eigenvalue weighted by Gasteiger charge is 2.23. The fraction of sp³-hybridized carbons (Fsp3) is 1.00. The Morgan fingerprint density at radius 2 is 1.94 bits per heavy atom. The van der Waals surface area contributed by atoms with E-state index in [1.165, 1.54) is 32.1 Å². The first-order chi connectivity index (χ1) is 7.55. The van der Waals surface area contributed by atoms with E-state index in [0.29, 0.717) is 6.04 Å². The molecule has 1 aliphatic carbocycles. The van der Waals surface area contributed by atoms with Crippen molar-refractivity contribution in [2.75, 3.05) is 6.54 Å². The topological polar surface area (TPSA) is 32.3 Å². The number of hydrogen-bond donors (Lipinski definition) is 2. The molecule has 2 N–H and O–H groups in total. The number of hydrogen-bond acceptors (Lipinski definition) is 2. The van der Waals surface area contributed by atoms with Gasteiger partial charge in [0.15, 0.2) is 0 Å². The molecule has 0 heterocycles. The van der Waals surface area contributed by atoms with Crippen LogP contribution in [0.3, 0.4) is 0 Å². The van der Waals surface area contributed by atoms with Gasteiger partial charge in [-0.3, -0.25) is 0 Å². The number of aliphatic hydroxyl groups is 1. The smallest absolute Gasteiger partial charge is 0.0743 e. The van der Waals surface area contributed by atoms with E-state index in [4.69, 9.17) is 0 Å². The van der Waals surface area contributed by atoms with Gasteiger partial charge >= 0.3 is 0 Å². The summed E-state index contributed by atoms with van der Waals surface area (Å²) in [5.41, 5.74) is -0.530. The van der Waals surface area contributed by atoms with Gasteiger partial charge in [0.2, 0.25) is 0 Å². The summed E-state index contributed by atoms with van der Waals surface area (Å²) in [4.78, 5) is 0. The lowest BCUT2D eigenvalue weighted by Crippen LogP contribution is -2.44. The molecule has 0 bridgehead atoms. The van der Waals surface area contributed by atoms with Crippen molar-refractivity contribution in [3.8, 4) is 0 Å². The van der Waals surface area contributed by atoms with Crippen LogP contribution in [-0.2, 0) is 0 Å². The quantitative estimate of drug-likeness (QED) is 0.731. The standard InChI is InChI=1S/C14H29NO/c1-4-10-14(3,16)11-15-12(2)13-8-6-5-7-9-13/h12-13,15-16H,4-11H2,1-3H3. The zero-order valence-electron chi connectivity index (χ0n) is 11.3. The molecule has 0 aromatic carbocycles. The van der Waals surface area contributed by atoms with E-state index in [1.54, 1.807) is 0 Å². The minimum atomic E-state index is -0.530. The van der Waals surface area contributed by atoms with Gasteiger partial charge in [-0.05, 0) is 39.0 Å². The first-order valence-corrected chi connectivity index (χ1v) is 7.01. The molecule has 2 unspecified atom stereocenters. The number of rotatable bonds is 6. The third-order valence-electron chi connectivity index (χ3n) is 3.95. The van der Waals surface area contributed by atoms with Gasteiger partial charge < -0.3 is 10.4 Å². The summed E-state index contributed by atoms with van der Waals surface area (Å²) in [7, 11) is 0. The molecule has 0 aromatic heterocycles. The van der Waals surface area contributed by atoms with Crippen molar-refractivity contribution in [3.05, 3.63) is 0 Å². The Kier molecular flexibility index (Phi) is 5.77. The van der Waals surface area contributed by atoms with Gasteiger partial charge in [0.25, 0.3) is 0 Å². The summed E-state index contributed by atoms with van der Waals surface area (Å²) in [5, 5.41) is 13.6. The van der Waals surface area contributed by atoms with Crippen molar-refractivity contribution in [2.45, 2.75) is 77.4 Å². The summed E-state index contributed by atoms with van der Waals surface area (Å²) in [5.74, 6) is 0.825. The molecule has 1 rings (SSSR count). The van der Waals surface area contributed by atoms with Crippen molar-refractivity contribution in [1.29, 1.82) is 0 Å². The lowest BCUT2D eigenvalue weighted by atomic mass is 9.84. The SMILES string of the molecule is CCCC(C)(O)CNC(C)C1CCCCC1. The molecule has 1 aliphatic rings. The minimum Gasteiger partial charge on any atom is -0.389 e. The average molecular weight is 227 g/mol. The van der Waals surface area contributed by atoms with Crippen LogP contribution in [0.4, 0.5) is 0 Å². The molecular weight excluding hydrogens is 198 g/mol. The van der Waals surface area contributed by atoms with E-state index in [9.17, 15) is 5.11 Å². The average Bonchev–Trinajstić information content (AvgIpc) is 2.27. The van der Waals surface area contributed by atoms with Crippen LogP contribution in [-0.4, -0.2) is 23.3 Å². The molecule has 0 aliphatic heterocycles. The van der Waals surface area contributed by atoms with Crippen molar-refractivity contribution in [2.24, 2.45) is 5.92 Å². The normalized spacial score (nSPS) is 24.0. The maximum absolute atomic E-state index is 10.1. The van der Waals surface area contributed by atoms with Gasteiger partial charge in [0.05, 0.1) is 5.60 Å². The summed E-state index contributed by atoms with van der Waals surface area (Å²) in [6, 6.07) is 0.559. The maximum atomic E-state index is 10.1. The first kappa shape index (κ1) is 14.0. The molecule has 2 heteroatoms. The molecule has 0 aromatic rings. The molecule has 0 amide bonds. The van der Waals surface area contributed by atoms with Gasteiger partial charge in [-0.2, -0.15) is 0 Å². The van der Waals surface area contributed by atoms with Crippen LogP contribution in [0.5, 0.6) is 0 Å². The minimum absolute atomic E-state index is 0.530.